The third-order valence-electron chi connectivity index (χ3n) is 6.25. The largest absolute Gasteiger partial charge is 0.481 e. The van der Waals surface area contributed by atoms with Crippen molar-refractivity contribution >= 4 is 70.5 Å². The molecule has 1 heterocycles. The zero-order chi connectivity index (χ0) is 38.4. The summed E-state index contributed by atoms with van der Waals surface area (Å²) in [6, 6.07) is 10.2. The number of nitro groups is 2. The maximum atomic E-state index is 12.3. The number of rotatable bonds is 8. The van der Waals surface area contributed by atoms with E-state index in [0.29, 0.717) is 5.69 Å². The first-order valence-electron chi connectivity index (χ1n) is 14.8. The summed E-state index contributed by atoms with van der Waals surface area (Å²) >= 11 is 0. The van der Waals surface area contributed by atoms with Crippen molar-refractivity contribution in [3.05, 3.63) is 68.8 Å². The van der Waals surface area contributed by atoms with Crippen molar-refractivity contribution in [2.75, 3.05) is 10.2 Å². The minimum atomic E-state index is -1.31. The van der Waals surface area contributed by atoms with Crippen molar-refractivity contribution in [2.24, 2.45) is 0 Å². The molecular weight excluding hydrogens is 684 g/mol. The number of carboxylic acid groups (broad SMARTS) is 2. The van der Waals surface area contributed by atoms with Gasteiger partial charge in [0, 0.05) is 55.9 Å². The van der Waals surface area contributed by atoms with E-state index in [1.165, 1.54) is 50.2 Å². The summed E-state index contributed by atoms with van der Waals surface area (Å²) in [4.78, 5) is 108. The van der Waals surface area contributed by atoms with E-state index >= 15 is 0 Å². The summed E-state index contributed by atoms with van der Waals surface area (Å²) in [7, 11) is 0. The standard InChI is InChI=1S/C13H11N3O5.C10H11N3O3.C4H6O3.C3H4O4/c17-11-7-12(18)15(13(19)14(11)8-4-5-8)9-2-1-3-10(6-9)16(20)21;14-10(11-7-4-5-7)12-8-2-1-3-9(6-8)13(15)16;1-3(5)7-4(2)6;4-2(5)1-3(6)7/h1-3,6,8H,4-5,7H2;1-3,6-7H,4-5H2,(H2,11,12,14);1-2H3;1H2,(H,4,5)(H,6,7). The number of amides is 6. The number of esters is 2. The van der Waals surface area contributed by atoms with Crippen LogP contribution in [-0.4, -0.2) is 84.8 Å². The molecule has 0 atom stereocenters. The molecule has 2 saturated carbocycles. The average molecular weight is 717 g/mol. The second-order valence-electron chi connectivity index (χ2n) is 10.7. The van der Waals surface area contributed by atoms with Gasteiger partial charge in [-0.25, -0.2) is 14.5 Å². The number of non-ortho nitro benzene ring substituents is 2. The Bertz CT molecular complexity index is 1670. The molecule has 51 heavy (non-hydrogen) atoms. The highest BCUT2D eigenvalue weighted by Crippen LogP contribution is 2.33. The number of hydrogen-bond donors (Lipinski definition) is 4. The van der Waals surface area contributed by atoms with Crippen LogP contribution in [0.3, 0.4) is 0 Å². The lowest BCUT2D eigenvalue weighted by Gasteiger charge is -2.32. The van der Waals surface area contributed by atoms with Crippen LogP contribution in [0.4, 0.5) is 32.3 Å². The number of benzene rings is 2. The molecule has 2 aromatic carbocycles. The summed E-state index contributed by atoms with van der Waals surface area (Å²) in [5, 5.41) is 42.0. The highest BCUT2D eigenvalue weighted by Gasteiger charge is 2.46. The number of barbiturate groups is 1. The molecule has 0 unspecified atom stereocenters. The van der Waals surface area contributed by atoms with Crippen LogP contribution in [0, 0.1) is 20.2 Å². The van der Waals surface area contributed by atoms with E-state index in [2.05, 4.69) is 15.4 Å². The number of imide groups is 2. The Morgan fingerprint density at radius 1 is 0.824 bits per heavy atom. The van der Waals surface area contributed by atoms with Gasteiger partial charge in [-0.05, 0) is 37.8 Å². The second-order valence-corrected chi connectivity index (χ2v) is 10.7. The first kappa shape index (κ1) is 40.4. The Hall–Kier alpha value is -6.80. The monoisotopic (exact) mass is 716 g/mol. The molecule has 272 valence electrons. The van der Waals surface area contributed by atoms with Gasteiger partial charge in [-0.1, -0.05) is 12.1 Å². The quantitative estimate of drug-likeness (QED) is 0.132. The van der Waals surface area contributed by atoms with Crippen LogP contribution in [0.15, 0.2) is 48.5 Å². The third kappa shape index (κ3) is 14.5. The fourth-order valence-electron chi connectivity index (χ4n) is 3.92. The second kappa shape index (κ2) is 18.7. The molecule has 0 aromatic heterocycles. The zero-order valence-electron chi connectivity index (χ0n) is 27.0. The van der Waals surface area contributed by atoms with Crippen molar-refractivity contribution in [3.8, 4) is 0 Å². The fourth-order valence-corrected chi connectivity index (χ4v) is 3.92. The van der Waals surface area contributed by atoms with Gasteiger partial charge in [-0.3, -0.25) is 53.9 Å². The van der Waals surface area contributed by atoms with Gasteiger partial charge in [-0.2, -0.15) is 0 Å². The normalized spacial score (nSPS) is 14.5. The van der Waals surface area contributed by atoms with Crippen LogP contribution < -0.4 is 15.5 Å². The Balaban J connectivity index is 0.000000264. The molecule has 0 bridgehead atoms. The number of ether oxygens (including phenoxy) is 1. The first-order chi connectivity index (χ1) is 23.9. The molecule has 6 amide bonds. The smallest absolute Gasteiger partial charge is 0.338 e. The van der Waals surface area contributed by atoms with E-state index in [1.54, 1.807) is 6.07 Å². The highest BCUT2D eigenvalue weighted by atomic mass is 16.6. The summed E-state index contributed by atoms with van der Waals surface area (Å²) < 4.78 is 3.97. The van der Waals surface area contributed by atoms with Gasteiger partial charge in [0.05, 0.1) is 15.5 Å². The molecule has 1 saturated heterocycles. The number of anilines is 2. The molecule has 21 heteroatoms. The van der Waals surface area contributed by atoms with Gasteiger partial charge in [0.1, 0.15) is 12.8 Å². The lowest BCUT2D eigenvalue weighted by Crippen LogP contribution is -2.56. The van der Waals surface area contributed by atoms with Crippen LogP contribution in [0.25, 0.3) is 0 Å². The van der Waals surface area contributed by atoms with E-state index in [0.717, 1.165) is 41.5 Å². The fraction of sp³-hybridized carbons (Fsp3) is 0.333. The number of carboxylic acids is 2. The Kier molecular flexibility index (Phi) is 14.8. The molecule has 21 nitrogen and oxygen atoms in total. The SMILES string of the molecule is CC(=O)OC(C)=O.O=C(Nc1cccc([N+](=O)[O-])c1)NC1CC1.O=C(O)CC(=O)O.O=C1CC(=O)N(C2CC2)C(=O)N1c1cccc([N+](=O)[O-])c1. The van der Waals surface area contributed by atoms with Gasteiger partial charge in [0.15, 0.2) is 0 Å². The number of urea groups is 2. The predicted octanol–water partition coefficient (Wildman–Crippen LogP) is 2.96. The zero-order valence-corrected chi connectivity index (χ0v) is 27.0. The van der Waals surface area contributed by atoms with Crippen LogP contribution in [0.5, 0.6) is 0 Å². The Morgan fingerprint density at radius 2 is 1.35 bits per heavy atom. The average Bonchev–Trinajstić information content (AvgIpc) is 3.94. The number of nitrogens with one attached hydrogen (secondary N) is 2. The van der Waals surface area contributed by atoms with Crippen LogP contribution in [-0.2, 0) is 33.5 Å². The van der Waals surface area contributed by atoms with Crippen molar-refractivity contribution in [2.45, 2.75) is 64.5 Å². The third-order valence-corrected chi connectivity index (χ3v) is 6.25. The molecular formula is C30H32N6O15. The van der Waals surface area contributed by atoms with E-state index in [1.807, 2.05) is 0 Å². The minimum Gasteiger partial charge on any atom is -0.481 e. The number of nitrogens with zero attached hydrogens (tertiary/aromatic N) is 4. The van der Waals surface area contributed by atoms with Gasteiger partial charge >= 0.3 is 35.9 Å². The summed E-state index contributed by atoms with van der Waals surface area (Å²) in [5.41, 5.74) is 0.275. The number of carbonyl (C=O) groups excluding carboxylic acids is 6. The van der Waals surface area contributed by atoms with E-state index in [9.17, 15) is 58.6 Å². The lowest BCUT2D eigenvalue weighted by molar-refractivity contribution is -0.385. The van der Waals surface area contributed by atoms with Gasteiger partial charge in [0.2, 0.25) is 11.8 Å². The molecule has 0 radical (unpaired) electrons. The van der Waals surface area contributed by atoms with Crippen LogP contribution in [0.1, 0.15) is 52.4 Å². The summed E-state index contributed by atoms with van der Waals surface area (Å²) in [6.07, 6.45) is 2.26. The van der Waals surface area contributed by atoms with Crippen molar-refractivity contribution in [1.82, 2.24) is 10.2 Å². The lowest BCUT2D eigenvalue weighted by atomic mass is 10.2. The van der Waals surface area contributed by atoms with Crippen molar-refractivity contribution in [1.29, 1.82) is 0 Å². The Labute approximate surface area is 287 Å². The Morgan fingerprint density at radius 3 is 1.78 bits per heavy atom. The van der Waals surface area contributed by atoms with E-state index in [-0.39, 0.29) is 35.2 Å². The van der Waals surface area contributed by atoms with Gasteiger partial charge in [0.25, 0.3) is 11.4 Å². The van der Waals surface area contributed by atoms with Crippen LogP contribution in [0.2, 0.25) is 0 Å². The molecule has 4 N–H and O–H groups in total. The first-order valence-corrected chi connectivity index (χ1v) is 14.8. The molecule has 2 aliphatic carbocycles. The number of aliphatic carboxylic acids is 2. The maximum absolute atomic E-state index is 12.3. The molecule has 3 aliphatic rings. The van der Waals surface area contributed by atoms with E-state index < -0.39 is 64.4 Å². The molecule has 3 fully saturated rings. The summed E-state index contributed by atoms with van der Waals surface area (Å²) in [6.45, 7) is 2.36. The minimum absolute atomic E-state index is 0.0378. The van der Waals surface area contributed by atoms with Crippen molar-refractivity contribution < 1.29 is 63.2 Å². The van der Waals surface area contributed by atoms with Gasteiger partial charge < -0.3 is 25.6 Å². The highest BCUT2D eigenvalue weighted by molar-refractivity contribution is 6.26. The van der Waals surface area contributed by atoms with Gasteiger partial charge in [-0.15, -0.1) is 0 Å². The number of carbonyl (C=O) groups is 8. The topological polar surface area (TPSA) is 303 Å². The predicted molar refractivity (Wildman–Crippen MR) is 171 cm³/mol. The number of hydrogen-bond acceptors (Lipinski definition) is 13. The van der Waals surface area contributed by atoms with Crippen LogP contribution >= 0.6 is 0 Å². The summed E-state index contributed by atoms with van der Waals surface area (Å²) in [5.74, 6) is -4.92. The number of nitro benzene ring substituents is 2. The molecule has 1 aliphatic heterocycles. The molecule has 0 spiro atoms. The molecule has 5 rings (SSSR count). The van der Waals surface area contributed by atoms with E-state index in [4.69, 9.17) is 10.2 Å². The van der Waals surface area contributed by atoms with Crippen molar-refractivity contribution in [3.63, 3.8) is 0 Å². The maximum Gasteiger partial charge on any atom is 0.338 e. The molecule has 2 aromatic rings.